The molecule has 0 spiro atoms. The molecular weight excluding hydrogens is 689 g/mol. The van der Waals surface area contributed by atoms with E-state index in [0.717, 1.165) is 38.5 Å². The fourth-order valence-corrected chi connectivity index (χ4v) is 6.91. The minimum absolute atomic E-state index is 0.0117. The third-order valence-corrected chi connectivity index (χ3v) is 10.2. The summed E-state index contributed by atoms with van der Waals surface area (Å²) in [6.07, 6.45) is 23.0. The molecule has 1 rings (SSSR count). The molecule has 0 aromatic rings. The van der Waals surface area contributed by atoms with Crippen LogP contribution < -0.4 is 5.73 Å². The van der Waals surface area contributed by atoms with Crippen molar-refractivity contribution in [3.63, 3.8) is 0 Å². The molecule has 1 unspecified atom stereocenters. The molecule has 1 fully saturated rings. The minimum atomic E-state index is -4.44. The zero-order valence-electron chi connectivity index (χ0n) is 32.0. The van der Waals surface area contributed by atoms with Crippen molar-refractivity contribution in [3.05, 3.63) is 24.3 Å². The van der Waals surface area contributed by atoms with E-state index in [9.17, 15) is 34.1 Å². The SMILES string of the molecule is CCCCCCCCCCCCCC(=O)OC[C@H](COP(=O)(O)OCCN)OC(=O)CCC/C=C\C[C@H]1[C@@H](O)CC(=O)[C@@H]1/C=C/[C@@H](O)CCCCC. The Morgan fingerprint density at radius 3 is 2.13 bits per heavy atom. The van der Waals surface area contributed by atoms with Gasteiger partial charge in [0.1, 0.15) is 12.4 Å². The molecule has 0 aromatic heterocycles. The summed E-state index contributed by atoms with van der Waals surface area (Å²) in [7, 11) is -4.44. The van der Waals surface area contributed by atoms with Gasteiger partial charge < -0.3 is 30.3 Å². The van der Waals surface area contributed by atoms with E-state index in [1.54, 1.807) is 12.2 Å². The van der Waals surface area contributed by atoms with E-state index in [1.807, 2.05) is 12.2 Å². The highest BCUT2D eigenvalue weighted by Crippen LogP contribution is 2.43. The van der Waals surface area contributed by atoms with Gasteiger partial charge in [0.2, 0.25) is 0 Å². The molecule has 12 nitrogen and oxygen atoms in total. The number of phosphoric acid groups is 1. The number of carbonyl (C=O) groups is 3. The van der Waals surface area contributed by atoms with Gasteiger partial charge >= 0.3 is 19.8 Å². The van der Waals surface area contributed by atoms with Gasteiger partial charge in [-0.25, -0.2) is 4.57 Å². The standard InChI is InChI=1S/C39H70NO11P/c1-3-5-7-8-9-10-11-12-13-14-19-23-38(44)48-30-33(31-50-52(46,47)49-28-27-40)51-39(45)24-20-16-15-18-22-34-35(37(43)29-36(34)42)26-25-32(41)21-17-6-4-2/h15,18,25-26,32-36,41-42H,3-14,16-17,19-24,27-31,40H2,1-2H3,(H,46,47)/b18-15-,26-25+/t32-,33+,34+,35+,36-/m0/s1. The number of hydrogen-bond donors (Lipinski definition) is 4. The van der Waals surface area contributed by atoms with Crippen LogP contribution in [-0.4, -0.2) is 77.5 Å². The summed E-state index contributed by atoms with van der Waals surface area (Å²) in [4.78, 5) is 47.4. The maximum absolute atomic E-state index is 12.6. The summed E-state index contributed by atoms with van der Waals surface area (Å²) >= 11 is 0. The second-order valence-corrected chi connectivity index (χ2v) is 15.4. The van der Waals surface area contributed by atoms with Gasteiger partial charge in [-0.05, 0) is 32.1 Å². The number of carbonyl (C=O) groups excluding carboxylic acids is 3. The summed E-state index contributed by atoms with van der Waals surface area (Å²) < 4.78 is 32.6. The van der Waals surface area contributed by atoms with Crippen molar-refractivity contribution in [2.24, 2.45) is 17.6 Å². The second kappa shape index (κ2) is 30.4. The number of unbranched alkanes of at least 4 members (excludes halogenated alkanes) is 13. The quantitative estimate of drug-likeness (QED) is 0.0224. The summed E-state index contributed by atoms with van der Waals surface area (Å²) in [6.45, 7) is 3.29. The monoisotopic (exact) mass is 759 g/mol. The van der Waals surface area contributed by atoms with Gasteiger partial charge in [0.15, 0.2) is 6.10 Å². The molecule has 1 aliphatic rings. The van der Waals surface area contributed by atoms with Crippen LogP contribution in [0.5, 0.6) is 0 Å². The van der Waals surface area contributed by atoms with Gasteiger partial charge in [0.05, 0.1) is 25.4 Å². The van der Waals surface area contributed by atoms with Gasteiger partial charge in [-0.1, -0.05) is 122 Å². The van der Waals surface area contributed by atoms with E-state index in [4.69, 9.17) is 24.3 Å². The first-order valence-corrected chi connectivity index (χ1v) is 21.4. The zero-order chi connectivity index (χ0) is 38.5. The first-order chi connectivity index (χ1) is 25.0. The van der Waals surface area contributed by atoms with E-state index in [2.05, 4.69) is 13.8 Å². The van der Waals surface area contributed by atoms with Gasteiger partial charge in [-0.3, -0.25) is 23.4 Å². The molecule has 0 amide bonds. The summed E-state index contributed by atoms with van der Waals surface area (Å²) in [5, 5.41) is 20.7. The molecule has 0 saturated heterocycles. The van der Waals surface area contributed by atoms with Crippen LogP contribution in [0.1, 0.15) is 149 Å². The molecule has 1 aliphatic carbocycles. The predicted octanol–water partition coefficient (Wildman–Crippen LogP) is 7.41. The summed E-state index contributed by atoms with van der Waals surface area (Å²) in [5.74, 6) is -1.78. The fraction of sp³-hybridized carbons (Fsp3) is 0.821. The third-order valence-electron chi connectivity index (χ3n) is 9.22. The highest BCUT2D eigenvalue weighted by Gasteiger charge is 2.39. The van der Waals surface area contributed by atoms with E-state index in [0.29, 0.717) is 32.1 Å². The molecule has 52 heavy (non-hydrogen) atoms. The number of esters is 2. The zero-order valence-corrected chi connectivity index (χ0v) is 32.9. The van der Waals surface area contributed by atoms with Crippen LogP contribution in [0.3, 0.4) is 0 Å². The van der Waals surface area contributed by atoms with Crippen LogP contribution in [0.15, 0.2) is 24.3 Å². The largest absolute Gasteiger partial charge is 0.472 e. The number of rotatable bonds is 33. The number of Topliss-reactive ketones (excluding diaryl/α,β-unsaturated/α-hetero) is 1. The first kappa shape index (κ1) is 48.1. The lowest BCUT2D eigenvalue weighted by atomic mass is 9.90. The average molecular weight is 760 g/mol. The Kier molecular flexibility index (Phi) is 28.1. The normalized spacial score (nSPS) is 20.0. The highest BCUT2D eigenvalue weighted by molar-refractivity contribution is 7.47. The number of aliphatic hydroxyl groups is 2. The van der Waals surface area contributed by atoms with Crippen LogP contribution in [0.25, 0.3) is 0 Å². The topological polar surface area (TPSA) is 192 Å². The smallest absolute Gasteiger partial charge is 0.462 e. The highest BCUT2D eigenvalue weighted by atomic mass is 31.2. The van der Waals surface area contributed by atoms with Crippen LogP contribution in [0.2, 0.25) is 0 Å². The number of ether oxygens (including phenoxy) is 2. The predicted molar refractivity (Wildman–Crippen MR) is 202 cm³/mol. The Bertz CT molecular complexity index is 1070. The molecule has 0 radical (unpaired) electrons. The number of nitrogens with two attached hydrogens (primary N) is 1. The Morgan fingerprint density at radius 1 is 0.865 bits per heavy atom. The van der Waals surface area contributed by atoms with Gasteiger partial charge in [-0.15, -0.1) is 0 Å². The van der Waals surface area contributed by atoms with E-state index >= 15 is 0 Å². The van der Waals surface area contributed by atoms with Crippen molar-refractivity contribution in [1.29, 1.82) is 0 Å². The van der Waals surface area contributed by atoms with Crippen molar-refractivity contribution in [3.8, 4) is 0 Å². The molecular formula is C39H70NO11P. The molecule has 1 saturated carbocycles. The number of phosphoric ester groups is 1. The van der Waals surface area contributed by atoms with Crippen LogP contribution in [-0.2, 0) is 37.5 Å². The lowest BCUT2D eigenvalue weighted by Crippen LogP contribution is -2.29. The molecule has 302 valence electrons. The summed E-state index contributed by atoms with van der Waals surface area (Å²) in [6, 6.07) is 0. The lowest BCUT2D eigenvalue weighted by molar-refractivity contribution is -0.161. The Balaban J connectivity index is 2.48. The molecule has 6 atom stereocenters. The first-order valence-electron chi connectivity index (χ1n) is 19.9. The van der Waals surface area contributed by atoms with Gasteiger partial charge in [0, 0.05) is 37.6 Å². The maximum atomic E-state index is 12.6. The number of ketones is 1. The van der Waals surface area contributed by atoms with Crippen molar-refractivity contribution in [1.82, 2.24) is 0 Å². The van der Waals surface area contributed by atoms with Crippen molar-refractivity contribution in [2.75, 3.05) is 26.4 Å². The summed E-state index contributed by atoms with van der Waals surface area (Å²) in [5.41, 5.74) is 5.32. The van der Waals surface area contributed by atoms with Crippen molar-refractivity contribution < 1.29 is 52.6 Å². The number of hydrogen-bond acceptors (Lipinski definition) is 11. The molecule has 0 heterocycles. The van der Waals surface area contributed by atoms with Gasteiger partial charge in [-0.2, -0.15) is 0 Å². The van der Waals surface area contributed by atoms with Crippen LogP contribution >= 0.6 is 7.82 Å². The molecule has 13 heteroatoms. The molecule has 0 aromatic carbocycles. The van der Waals surface area contributed by atoms with Crippen LogP contribution in [0, 0.1) is 11.8 Å². The molecule has 5 N–H and O–H groups in total. The van der Waals surface area contributed by atoms with E-state index in [-0.39, 0.29) is 50.7 Å². The lowest BCUT2D eigenvalue weighted by Gasteiger charge is -2.19. The average Bonchev–Trinajstić information content (AvgIpc) is 3.38. The van der Waals surface area contributed by atoms with Gasteiger partial charge in [0.25, 0.3) is 0 Å². The third kappa shape index (κ3) is 24.4. The van der Waals surface area contributed by atoms with E-state index < -0.39 is 50.6 Å². The number of allylic oxidation sites excluding steroid dienone is 3. The van der Waals surface area contributed by atoms with Crippen LogP contribution in [0.4, 0.5) is 0 Å². The molecule has 0 bridgehead atoms. The van der Waals surface area contributed by atoms with E-state index in [1.165, 1.54) is 44.9 Å². The second-order valence-electron chi connectivity index (χ2n) is 13.9. The van der Waals surface area contributed by atoms with Crippen molar-refractivity contribution >= 4 is 25.5 Å². The molecule has 0 aliphatic heterocycles. The Morgan fingerprint density at radius 2 is 1.48 bits per heavy atom. The maximum Gasteiger partial charge on any atom is 0.472 e. The fourth-order valence-electron chi connectivity index (χ4n) is 6.14. The minimum Gasteiger partial charge on any atom is -0.462 e. The Hall–Kier alpha value is -1.92. The Labute approximate surface area is 312 Å². The number of aliphatic hydroxyl groups excluding tert-OH is 2. The van der Waals surface area contributed by atoms with Crippen molar-refractivity contribution in [2.45, 2.75) is 167 Å².